The average molecular weight is 279 g/mol. The number of carbonyl (C=O) groups is 2. The first-order chi connectivity index (χ1) is 9.52. The van der Waals surface area contributed by atoms with E-state index in [2.05, 4.69) is 10.6 Å². The fourth-order valence-electron chi connectivity index (χ4n) is 1.54. The predicted octanol–water partition coefficient (Wildman–Crippen LogP) is 0.735. The second kappa shape index (κ2) is 8.16. The van der Waals surface area contributed by atoms with Crippen molar-refractivity contribution in [2.45, 2.75) is 13.8 Å². The molecule has 0 aliphatic rings. The minimum Gasteiger partial charge on any atom is -0.484 e. The van der Waals surface area contributed by atoms with Gasteiger partial charge in [0.1, 0.15) is 5.75 Å². The van der Waals surface area contributed by atoms with Gasteiger partial charge in [0, 0.05) is 24.2 Å². The van der Waals surface area contributed by atoms with E-state index >= 15 is 0 Å². The van der Waals surface area contributed by atoms with Crippen LogP contribution in [0, 0.1) is 5.92 Å². The molecule has 0 spiro atoms. The van der Waals surface area contributed by atoms with Crippen LogP contribution in [-0.2, 0) is 9.59 Å². The second-order valence-corrected chi connectivity index (χ2v) is 4.48. The highest BCUT2D eigenvalue weighted by Crippen LogP contribution is 2.17. The Hall–Kier alpha value is -2.08. The van der Waals surface area contributed by atoms with E-state index in [1.54, 1.807) is 24.3 Å². The van der Waals surface area contributed by atoms with Gasteiger partial charge in [-0.15, -0.1) is 0 Å². The highest BCUT2D eigenvalue weighted by atomic mass is 16.5. The molecule has 1 aromatic rings. The number of primary amides is 1. The van der Waals surface area contributed by atoms with Gasteiger partial charge in [0.25, 0.3) is 5.91 Å². The van der Waals surface area contributed by atoms with Crippen molar-refractivity contribution in [1.29, 1.82) is 0 Å². The zero-order chi connectivity index (χ0) is 15.0. The third-order valence-corrected chi connectivity index (χ3v) is 2.63. The topological polar surface area (TPSA) is 93.4 Å². The molecule has 1 aromatic carbocycles. The number of benzene rings is 1. The Labute approximate surface area is 118 Å². The molecule has 6 nitrogen and oxygen atoms in total. The zero-order valence-corrected chi connectivity index (χ0v) is 11.8. The van der Waals surface area contributed by atoms with Crippen LogP contribution in [0.2, 0.25) is 0 Å². The van der Waals surface area contributed by atoms with Crippen molar-refractivity contribution in [3.8, 4) is 5.75 Å². The van der Waals surface area contributed by atoms with Gasteiger partial charge in [-0.05, 0) is 18.7 Å². The van der Waals surface area contributed by atoms with Crippen LogP contribution in [0.15, 0.2) is 24.3 Å². The lowest BCUT2D eigenvalue weighted by Gasteiger charge is -2.13. The molecule has 0 aliphatic carbocycles. The van der Waals surface area contributed by atoms with Gasteiger partial charge in [-0.2, -0.15) is 0 Å². The zero-order valence-electron chi connectivity index (χ0n) is 11.8. The van der Waals surface area contributed by atoms with Crippen LogP contribution >= 0.6 is 0 Å². The molecule has 1 atom stereocenters. The van der Waals surface area contributed by atoms with Crippen molar-refractivity contribution in [2.75, 3.05) is 25.0 Å². The lowest BCUT2D eigenvalue weighted by Crippen LogP contribution is -2.30. The van der Waals surface area contributed by atoms with Gasteiger partial charge in [-0.25, -0.2) is 0 Å². The summed E-state index contributed by atoms with van der Waals surface area (Å²) in [6.07, 6.45) is 0. The van der Waals surface area contributed by atoms with E-state index in [0.29, 0.717) is 18.0 Å². The molecule has 0 aromatic heterocycles. The molecule has 0 heterocycles. The molecule has 0 saturated heterocycles. The van der Waals surface area contributed by atoms with Gasteiger partial charge in [-0.3, -0.25) is 9.59 Å². The standard InChI is InChI=1S/C14H21N3O3/c1-3-16-8-10(2)14(19)17-11-5-4-6-12(7-11)20-9-13(15)18/h4-7,10,16H,3,8-9H2,1-2H3,(H2,15,18)(H,17,19). The molecule has 0 aliphatic heterocycles. The van der Waals surface area contributed by atoms with Crippen molar-refractivity contribution in [2.24, 2.45) is 11.7 Å². The lowest BCUT2D eigenvalue weighted by molar-refractivity contribution is -0.120. The summed E-state index contributed by atoms with van der Waals surface area (Å²) >= 11 is 0. The molecule has 4 N–H and O–H groups in total. The van der Waals surface area contributed by atoms with Gasteiger partial charge in [0.05, 0.1) is 0 Å². The Balaban J connectivity index is 2.56. The number of hydrogen-bond donors (Lipinski definition) is 3. The summed E-state index contributed by atoms with van der Waals surface area (Å²) in [6, 6.07) is 6.84. The van der Waals surface area contributed by atoms with Crippen LogP contribution in [0.4, 0.5) is 5.69 Å². The van der Waals surface area contributed by atoms with E-state index in [9.17, 15) is 9.59 Å². The summed E-state index contributed by atoms with van der Waals surface area (Å²) in [5.41, 5.74) is 5.63. The monoisotopic (exact) mass is 279 g/mol. The summed E-state index contributed by atoms with van der Waals surface area (Å²) in [4.78, 5) is 22.6. The Morgan fingerprint density at radius 3 is 2.80 bits per heavy atom. The second-order valence-electron chi connectivity index (χ2n) is 4.48. The largest absolute Gasteiger partial charge is 0.484 e. The van der Waals surface area contributed by atoms with E-state index in [1.807, 2.05) is 13.8 Å². The summed E-state index contributed by atoms with van der Waals surface area (Å²) in [5.74, 6) is -0.261. The van der Waals surface area contributed by atoms with E-state index in [1.165, 1.54) is 0 Å². The average Bonchev–Trinajstić information content (AvgIpc) is 2.42. The van der Waals surface area contributed by atoms with E-state index in [4.69, 9.17) is 10.5 Å². The maximum absolute atomic E-state index is 11.9. The van der Waals surface area contributed by atoms with Crippen molar-refractivity contribution < 1.29 is 14.3 Å². The van der Waals surface area contributed by atoms with E-state index < -0.39 is 5.91 Å². The first-order valence-electron chi connectivity index (χ1n) is 6.55. The van der Waals surface area contributed by atoms with Gasteiger partial charge in [0.2, 0.25) is 5.91 Å². The highest BCUT2D eigenvalue weighted by molar-refractivity contribution is 5.92. The number of ether oxygens (including phenoxy) is 1. The SMILES string of the molecule is CCNCC(C)C(=O)Nc1cccc(OCC(N)=O)c1. The summed E-state index contributed by atoms with van der Waals surface area (Å²) in [7, 11) is 0. The molecule has 0 bridgehead atoms. The van der Waals surface area contributed by atoms with Crippen LogP contribution in [-0.4, -0.2) is 31.5 Å². The van der Waals surface area contributed by atoms with Crippen molar-refractivity contribution in [1.82, 2.24) is 5.32 Å². The van der Waals surface area contributed by atoms with Gasteiger partial charge in [-0.1, -0.05) is 19.9 Å². The van der Waals surface area contributed by atoms with Gasteiger partial charge < -0.3 is 21.1 Å². The fourth-order valence-corrected chi connectivity index (χ4v) is 1.54. The Morgan fingerprint density at radius 2 is 2.15 bits per heavy atom. The number of anilines is 1. The summed E-state index contributed by atoms with van der Waals surface area (Å²) < 4.78 is 5.18. The smallest absolute Gasteiger partial charge is 0.255 e. The van der Waals surface area contributed by atoms with Crippen molar-refractivity contribution in [3.63, 3.8) is 0 Å². The first-order valence-corrected chi connectivity index (χ1v) is 6.55. The maximum atomic E-state index is 11.9. The molecule has 6 heteroatoms. The molecule has 110 valence electrons. The Bertz CT molecular complexity index is 463. The van der Waals surface area contributed by atoms with E-state index in [-0.39, 0.29) is 18.4 Å². The third kappa shape index (κ3) is 5.71. The Morgan fingerprint density at radius 1 is 1.40 bits per heavy atom. The molecule has 0 fully saturated rings. The number of hydrogen-bond acceptors (Lipinski definition) is 4. The number of nitrogens with two attached hydrogens (primary N) is 1. The summed E-state index contributed by atoms with van der Waals surface area (Å²) in [6.45, 7) is 5.11. The number of amides is 2. The molecule has 0 saturated carbocycles. The molecule has 0 radical (unpaired) electrons. The maximum Gasteiger partial charge on any atom is 0.255 e. The number of carbonyl (C=O) groups excluding carboxylic acids is 2. The van der Waals surface area contributed by atoms with Crippen LogP contribution in [0.5, 0.6) is 5.75 Å². The van der Waals surface area contributed by atoms with Crippen LogP contribution in [0.1, 0.15) is 13.8 Å². The number of rotatable bonds is 8. The van der Waals surface area contributed by atoms with Gasteiger partial charge >= 0.3 is 0 Å². The number of nitrogens with one attached hydrogen (secondary N) is 2. The third-order valence-electron chi connectivity index (χ3n) is 2.63. The highest BCUT2D eigenvalue weighted by Gasteiger charge is 2.12. The minimum absolute atomic E-state index is 0.0713. The molecular weight excluding hydrogens is 258 g/mol. The lowest BCUT2D eigenvalue weighted by atomic mass is 10.1. The van der Waals surface area contributed by atoms with Crippen molar-refractivity contribution >= 4 is 17.5 Å². The molecular formula is C14H21N3O3. The van der Waals surface area contributed by atoms with Gasteiger partial charge in [0.15, 0.2) is 6.61 Å². The minimum atomic E-state index is -0.543. The van der Waals surface area contributed by atoms with E-state index in [0.717, 1.165) is 6.54 Å². The van der Waals surface area contributed by atoms with Crippen molar-refractivity contribution in [3.05, 3.63) is 24.3 Å². The molecule has 20 heavy (non-hydrogen) atoms. The molecule has 1 rings (SSSR count). The quantitative estimate of drug-likeness (QED) is 0.654. The first kappa shape index (κ1) is 16.0. The fraction of sp³-hybridized carbons (Fsp3) is 0.429. The predicted molar refractivity (Wildman–Crippen MR) is 77.5 cm³/mol. The molecule has 1 unspecified atom stereocenters. The summed E-state index contributed by atoms with van der Waals surface area (Å²) in [5, 5.41) is 5.93. The van der Waals surface area contributed by atoms with Crippen LogP contribution < -0.4 is 21.1 Å². The van der Waals surface area contributed by atoms with Crippen LogP contribution in [0.25, 0.3) is 0 Å². The molecule has 2 amide bonds. The van der Waals surface area contributed by atoms with Crippen LogP contribution in [0.3, 0.4) is 0 Å². The normalized spacial score (nSPS) is 11.7. The Kier molecular flexibility index (Phi) is 6.52.